The Balaban J connectivity index is 2.44. The van der Waals surface area contributed by atoms with E-state index in [1.165, 1.54) is 0 Å². The first-order valence-corrected chi connectivity index (χ1v) is 7.37. The minimum absolute atomic E-state index is 0.0890. The Morgan fingerprint density at radius 2 is 1.90 bits per heavy atom. The summed E-state index contributed by atoms with van der Waals surface area (Å²) in [6.07, 6.45) is 5.29. The van der Waals surface area contributed by atoms with Gasteiger partial charge in [0, 0.05) is 5.56 Å². The Morgan fingerprint density at radius 3 is 2.55 bits per heavy atom. The van der Waals surface area contributed by atoms with Gasteiger partial charge in [-0.25, -0.2) is 8.42 Å². The second-order valence-corrected chi connectivity index (χ2v) is 5.94. The summed E-state index contributed by atoms with van der Waals surface area (Å²) in [6.45, 7) is 1.70. The van der Waals surface area contributed by atoms with Crippen LogP contribution in [-0.4, -0.2) is 8.42 Å². The van der Waals surface area contributed by atoms with Crippen molar-refractivity contribution in [2.75, 3.05) is 10.5 Å². The summed E-state index contributed by atoms with van der Waals surface area (Å²) < 4.78 is 27.3. The maximum absolute atomic E-state index is 12.4. The Morgan fingerprint density at radius 1 is 1.20 bits per heavy atom. The molecule has 20 heavy (non-hydrogen) atoms. The molecular weight excluding hydrogens is 272 g/mol. The summed E-state index contributed by atoms with van der Waals surface area (Å²) in [5.41, 5.74) is 7.57. The number of benzene rings is 2. The predicted molar refractivity (Wildman–Crippen MR) is 80.8 cm³/mol. The number of terminal acetylenes is 1. The zero-order valence-corrected chi connectivity index (χ0v) is 11.7. The summed E-state index contributed by atoms with van der Waals surface area (Å²) in [5.74, 6) is 2.46. The number of nitrogens with two attached hydrogens (primary N) is 1. The molecule has 0 fully saturated rings. The fourth-order valence-electron chi connectivity index (χ4n) is 1.92. The third kappa shape index (κ3) is 2.76. The number of anilines is 2. The third-order valence-corrected chi connectivity index (χ3v) is 4.39. The van der Waals surface area contributed by atoms with Crippen molar-refractivity contribution in [2.24, 2.45) is 0 Å². The predicted octanol–water partition coefficient (Wildman–Crippen LogP) is 2.36. The highest BCUT2D eigenvalue weighted by molar-refractivity contribution is 7.93. The van der Waals surface area contributed by atoms with Crippen molar-refractivity contribution in [3.05, 3.63) is 53.6 Å². The largest absolute Gasteiger partial charge is 0.398 e. The molecule has 102 valence electrons. The summed E-state index contributed by atoms with van der Waals surface area (Å²) in [6, 6.07) is 11.6. The van der Waals surface area contributed by atoms with Crippen LogP contribution < -0.4 is 10.5 Å². The average Bonchev–Trinajstić information content (AvgIpc) is 2.37. The lowest BCUT2D eigenvalue weighted by Crippen LogP contribution is -2.16. The van der Waals surface area contributed by atoms with Gasteiger partial charge in [0.2, 0.25) is 0 Å². The lowest BCUT2D eigenvalue weighted by molar-refractivity contribution is 0.601. The van der Waals surface area contributed by atoms with E-state index in [-0.39, 0.29) is 10.6 Å². The van der Waals surface area contributed by atoms with Gasteiger partial charge in [0.15, 0.2) is 0 Å². The normalized spacial score (nSPS) is 10.8. The molecule has 2 aromatic carbocycles. The van der Waals surface area contributed by atoms with Gasteiger partial charge in [0.1, 0.15) is 4.90 Å². The Kier molecular flexibility index (Phi) is 3.68. The lowest BCUT2D eigenvalue weighted by atomic mass is 10.2. The molecule has 0 saturated carbocycles. The molecule has 4 nitrogen and oxygen atoms in total. The molecule has 0 amide bonds. The Bertz CT molecular complexity index is 770. The molecule has 0 aliphatic rings. The number of sulfonamides is 1. The van der Waals surface area contributed by atoms with Crippen LogP contribution in [0, 0.1) is 19.3 Å². The molecule has 0 aliphatic carbocycles. The van der Waals surface area contributed by atoms with Crippen molar-refractivity contribution in [3.8, 4) is 12.3 Å². The number of nitrogens with one attached hydrogen (secondary N) is 1. The molecule has 0 atom stereocenters. The Hall–Kier alpha value is -2.45. The summed E-state index contributed by atoms with van der Waals surface area (Å²) in [4.78, 5) is 0.0890. The second kappa shape index (κ2) is 5.27. The molecule has 0 heterocycles. The zero-order valence-electron chi connectivity index (χ0n) is 10.9. The van der Waals surface area contributed by atoms with Gasteiger partial charge in [-0.1, -0.05) is 24.1 Å². The Labute approximate surface area is 118 Å². The van der Waals surface area contributed by atoms with Gasteiger partial charge in [-0.2, -0.15) is 0 Å². The molecule has 2 rings (SSSR count). The average molecular weight is 286 g/mol. The van der Waals surface area contributed by atoms with Crippen LogP contribution in [-0.2, 0) is 10.0 Å². The van der Waals surface area contributed by atoms with Crippen molar-refractivity contribution in [2.45, 2.75) is 11.8 Å². The third-order valence-electron chi connectivity index (χ3n) is 2.79. The standard InChI is InChI=1S/C15H14N2O2S/c1-3-12-7-5-8-13(10-12)17-20(18,19)15-11(2)6-4-9-14(15)16/h1,4-10,17H,16H2,2H3. The van der Waals surface area contributed by atoms with Crippen molar-refractivity contribution in [3.63, 3.8) is 0 Å². The van der Waals surface area contributed by atoms with E-state index < -0.39 is 10.0 Å². The maximum atomic E-state index is 12.4. The molecule has 0 aliphatic heterocycles. The summed E-state index contributed by atoms with van der Waals surface area (Å²) >= 11 is 0. The molecular formula is C15H14N2O2S. The minimum atomic E-state index is -3.74. The van der Waals surface area contributed by atoms with Gasteiger partial charge in [-0.15, -0.1) is 6.42 Å². The van der Waals surface area contributed by atoms with Gasteiger partial charge in [-0.3, -0.25) is 4.72 Å². The molecule has 0 saturated heterocycles. The van der Waals surface area contributed by atoms with Crippen molar-refractivity contribution in [1.29, 1.82) is 0 Å². The topological polar surface area (TPSA) is 72.2 Å². The van der Waals surface area contributed by atoms with E-state index in [4.69, 9.17) is 12.2 Å². The van der Waals surface area contributed by atoms with Gasteiger partial charge < -0.3 is 5.73 Å². The van der Waals surface area contributed by atoms with Crippen LogP contribution in [0.2, 0.25) is 0 Å². The smallest absolute Gasteiger partial charge is 0.264 e. The molecule has 0 unspecified atom stereocenters. The first-order chi connectivity index (χ1) is 9.44. The van der Waals surface area contributed by atoms with Crippen LogP contribution in [0.1, 0.15) is 11.1 Å². The van der Waals surface area contributed by atoms with Gasteiger partial charge >= 0.3 is 0 Å². The summed E-state index contributed by atoms with van der Waals surface area (Å²) in [7, 11) is -3.74. The minimum Gasteiger partial charge on any atom is -0.398 e. The molecule has 0 bridgehead atoms. The first-order valence-electron chi connectivity index (χ1n) is 5.88. The van der Waals surface area contributed by atoms with Crippen molar-refractivity contribution in [1.82, 2.24) is 0 Å². The van der Waals surface area contributed by atoms with Crippen LogP contribution in [0.3, 0.4) is 0 Å². The molecule has 0 spiro atoms. The number of hydrogen-bond donors (Lipinski definition) is 2. The fourth-order valence-corrected chi connectivity index (χ4v) is 3.33. The van der Waals surface area contributed by atoms with Crippen LogP contribution >= 0.6 is 0 Å². The van der Waals surface area contributed by atoms with E-state index in [9.17, 15) is 8.42 Å². The quantitative estimate of drug-likeness (QED) is 0.672. The highest BCUT2D eigenvalue weighted by atomic mass is 32.2. The van der Waals surface area contributed by atoms with E-state index in [0.717, 1.165) is 0 Å². The fraction of sp³-hybridized carbons (Fsp3) is 0.0667. The van der Waals surface area contributed by atoms with Crippen LogP contribution in [0.4, 0.5) is 11.4 Å². The monoisotopic (exact) mass is 286 g/mol. The van der Waals surface area contributed by atoms with E-state index in [2.05, 4.69) is 10.6 Å². The highest BCUT2D eigenvalue weighted by Gasteiger charge is 2.19. The molecule has 0 radical (unpaired) electrons. The van der Waals surface area contributed by atoms with Crippen LogP contribution in [0.15, 0.2) is 47.4 Å². The molecule has 5 heteroatoms. The molecule has 3 N–H and O–H groups in total. The highest BCUT2D eigenvalue weighted by Crippen LogP contribution is 2.25. The number of aryl methyl sites for hydroxylation is 1. The van der Waals surface area contributed by atoms with E-state index >= 15 is 0 Å². The number of hydrogen-bond acceptors (Lipinski definition) is 3. The maximum Gasteiger partial charge on any atom is 0.264 e. The van der Waals surface area contributed by atoms with Crippen LogP contribution in [0.25, 0.3) is 0 Å². The number of nitrogen functional groups attached to an aromatic ring is 1. The van der Waals surface area contributed by atoms with Gasteiger partial charge in [0.25, 0.3) is 10.0 Å². The van der Waals surface area contributed by atoms with E-state index in [1.54, 1.807) is 49.4 Å². The second-order valence-electron chi connectivity index (χ2n) is 4.32. The summed E-state index contributed by atoms with van der Waals surface area (Å²) in [5, 5.41) is 0. The molecule has 2 aromatic rings. The first kappa shape index (κ1) is 14.0. The van der Waals surface area contributed by atoms with Gasteiger partial charge in [0.05, 0.1) is 11.4 Å². The van der Waals surface area contributed by atoms with Crippen molar-refractivity contribution >= 4 is 21.4 Å². The van der Waals surface area contributed by atoms with E-state index in [0.29, 0.717) is 16.8 Å². The number of rotatable bonds is 3. The van der Waals surface area contributed by atoms with Crippen LogP contribution in [0.5, 0.6) is 0 Å². The van der Waals surface area contributed by atoms with Gasteiger partial charge in [-0.05, 0) is 36.8 Å². The molecule has 0 aromatic heterocycles. The van der Waals surface area contributed by atoms with E-state index in [1.807, 2.05) is 0 Å². The zero-order chi connectivity index (χ0) is 14.8. The SMILES string of the molecule is C#Cc1cccc(NS(=O)(=O)c2c(C)cccc2N)c1. The van der Waals surface area contributed by atoms with Crippen molar-refractivity contribution < 1.29 is 8.42 Å². The lowest BCUT2D eigenvalue weighted by Gasteiger charge is -2.12.